The minimum atomic E-state index is 0. The summed E-state index contributed by atoms with van der Waals surface area (Å²) in [7, 11) is 0. The first-order valence-electron chi connectivity index (χ1n) is 10.1. The van der Waals surface area contributed by atoms with Crippen molar-refractivity contribution in [2.45, 2.75) is 38.4 Å². The molecule has 2 aromatic rings. The maximum absolute atomic E-state index is 5.73. The van der Waals surface area contributed by atoms with Gasteiger partial charge in [-0.2, -0.15) is 0 Å². The third-order valence-corrected chi connectivity index (χ3v) is 5.96. The van der Waals surface area contributed by atoms with Crippen molar-refractivity contribution in [1.29, 1.82) is 0 Å². The van der Waals surface area contributed by atoms with E-state index >= 15 is 0 Å². The van der Waals surface area contributed by atoms with Crippen LogP contribution in [0.2, 0.25) is 0 Å². The third-order valence-electron chi connectivity index (χ3n) is 5.96. The topological polar surface area (TPSA) is 32.5 Å². The van der Waals surface area contributed by atoms with Gasteiger partial charge in [0.15, 0.2) is 0 Å². The van der Waals surface area contributed by atoms with E-state index in [0.717, 1.165) is 32.0 Å². The quantitative estimate of drug-likeness (QED) is 0.760. The standard InChI is InChI=1S/C23H31N3.2ClH/c24-12-11-19-7-4-8-21(13-19)16-26-17-22-9-10-23(26)18-25(15-22)14-20-5-2-1-3-6-20;;/h1-8,13,22-23H,9-12,14-18,24H2;2*1H/t22-,23+;;/m0../s1. The summed E-state index contributed by atoms with van der Waals surface area (Å²) in [5.74, 6) is 0.810. The van der Waals surface area contributed by atoms with Crippen molar-refractivity contribution >= 4 is 24.8 Å². The molecule has 3 nitrogen and oxygen atoms in total. The Labute approximate surface area is 182 Å². The Balaban J connectivity index is 0.00000140. The van der Waals surface area contributed by atoms with E-state index in [-0.39, 0.29) is 24.8 Å². The van der Waals surface area contributed by atoms with Gasteiger partial charge in [0.05, 0.1) is 0 Å². The third kappa shape index (κ3) is 5.95. The highest BCUT2D eigenvalue weighted by Crippen LogP contribution is 2.30. The molecule has 2 N–H and O–H groups in total. The number of benzene rings is 2. The Bertz CT molecular complexity index is 710. The molecule has 5 rings (SSSR count). The van der Waals surface area contributed by atoms with Crippen molar-refractivity contribution in [3.63, 3.8) is 0 Å². The van der Waals surface area contributed by atoms with E-state index in [9.17, 15) is 0 Å². The number of nitrogens with zero attached hydrogens (tertiary/aromatic N) is 2. The summed E-state index contributed by atoms with van der Waals surface area (Å²) in [4.78, 5) is 5.42. The predicted octanol–water partition coefficient (Wildman–Crippen LogP) is 4.13. The average Bonchev–Trinajstić information content (AvgIpc) is 2.94. The van der Waals surface area contributed by atoms with E-state index in [1.54, 1.807) is 0 Å². The highest BCUT2D eigenvalue weighted by Gasteiger charge is 2.34. The van der Waals surface area contributed by atoms with Crippen molar-refractivity contribution in [2.24, 2.45) is 11.7 Å². The number of fused-ring (bicyclic) bond motifs is 4. The van der Waals surface area contributed by atoms with Crippen molar-refractivity contribution < 1.29 is 0 Å². The number of hydrogen-bond donors (Lipinski definition) is 1. The number of nitrogens with two attached hydrogens (primary N) is 1. The van der Waals surface area contributed by atoms with Crippen LogP contribution in [0.3, 0.4) is 0 Å². The van der Waals surface area contributed by atoms with Gasteiger partial charge in [0.1, 0.15) is 0 Å². The first-order chi connectivity index (χ1) is 12.8. The lowest BCUT2D eigenvalue weighted by Gasteiger charge is -2.36. The second-order valence-electron chi connectivity index (χ2n) is 8.06. The van der Waals surface area contributed by atoms with Crippen molar-refractivity contribution in [2.75, 3.05) is 26.2 Å². The molecule has 0 saturated carbocycles. The smallest absolute Gasteiger partial charge is 0.0237 e. The summed E-state index contributed by atoms with van der Waals surface area (Å²) in [6.07, 6.45) is 3.71. The molecule has 2 bridgehead atoms. The van der Waals surface area contributed by atoms with E-state index in [4.69, 9.17) is 5.73 Å². The van der Waals surface area contributed by atoms with Crippen LogP contribution in [0, 0.1) is 5.92 Å². The number of hydrogen-bond acceptors (Lipinski definition) is 3. The van der Waals surface area contributed by atoms with E-state index in [1.807, 2.05) is 0 Å². The highest BCUT2D eigenvalue weighted by molar-refractivity contribution is 5.85. The number of rotatable bonds is 6. The van der Waals surface area contributed by atoms with Crippen molar-refractivity contribution in [3.8, 4) is 0 Å². The van der Waals surface area contributed by atoms with Crippen LogP contribution in [-0.4, -0.2) is 42.0 Å². The average molecular weight is 422 g/mol. The van der Waals surface area contributed by atoms with Crippen LogP contribution < -0.4 is 5.73 Å². The van der Waals surface area contributed by atoms with Crippen molar-refractivity contribution in [1.82, 2.24) is 9.80 Å². The summed E-state index contributed by atoms with van der Waals surface area (Å²) in [5.41, 5.74) is 9.98. The Morgan fingerprint density at radius 3 is 2.32 bits per heavy atom. The summed E-state index contributed by atoms with van der Waals surface area (Å²) < 4.78 is 0. The van der Waals surface area contributed by atoms with Gasteiger partial charge in [-0.1, -0.05) is 54.6 Å². The molecule has 0 aliphatic carbocycles. The zero-order valence-corrected chi connectivity index (χ0v) is 18.1. The minimum Gasteiger partial charge on any atom is -0.330 e. The van der Waals surface area contributed by atoms with Gasteiger partial charge in [-0.05, 0) is 48.4 Å². The van der Waals surface area contributed by atoms with Gasteiger partial charge in [-0.15, -0.1) is 24.8 Å². The minimum absolute atomic E-state index is 0. The fraction of sp³-hybridized carbons (Fsp3) is 0.478. The Morgan fingerprint density at radius 1 is 0.786 bits per heavy atom. The summed E-state index contributed by atoms with van der Waals surface area (Å²) in [6, 6.07) is 20.6. The molecule has 0 unspecified atom stereocenters. The molecule has 3 saturated heterocycles. The zero-order chi connectivity index (χ0) is 17.8. The zero-order valence-electron chi connectivity index (χ0n) is 16.5. The molecular formula is C23H33Cl2N3. The lowest BCUT2D eigenvalue weighted by atomic mass is 9.94. The number of piperidine rings is 1. The first kappa shape index (κ1) is 23.2. The summed E-state index contributed by atoms with van der Waals surface area (Å²) >= 11 is 0. The fourth-order valence-electron chi connectivity index (χ4n) is 4.73. The van der Waals surface area contributed by atoms with Crippen LogP contribution in [0.25, 0.3) is 0 Å². The molecule has 0 spiro atoms. The van der Waals surface area contributed by atoms with Gasteiger partial charge in [0.25, 0.3) is 0 Å². The molecule has 3 aliphatic rings. The van der Waals surface area contributed by atoms with Gasteiger partial charge >= 0.3 is 0 Å². The van der Waals surface area contributed by atoms with Crippen LogP contribution >= 0.6 is 24.8 Å². The molecule has 2 atom stereocenters. The lowest BCUT2D eigenvalue weighted by molar-refractivity contribution is 0.123. The second-order valence-corrected chi connectivity index (χ2v) is 8.06. The van der Waals surface area contributed by atoms with Crippen LogP contribution in [0.15, 0.2) is 54.6 Å². The highest BCUT2D eigenvalue weighted by atomic mass is 35.5. The van der Waals surface area contributed by atoms with Crippen LogP contribution in [0.4, 0.5) is 0 Å². The number of halogens is 2. The van der Waals surface area contributed by atoms with Gasteiger partial charge in [-0.3, -0.25) is 9.80 Å². The molecular weight excluding hydrogens is 389 g/mol. The van der Waals surface area contributed by atoms with Gasteiger partial charge in [-0.25, -0.2) is 0 Å². The summed E-state index contributed by atoms with van der Waals surface area (Å²) in [5, 5.41) is 0. The molecule has 3 fully saturated rings. The monoisotopic (exact) mass is 421 g/mol. The fourth-order valence-corrected chi connectivity index (χ4v) is 4.73. The first-order valence-corrected chi connectivity index (χ1v) is 10.1. The maximum atomic E-state index is 5.73. The molecule has 5 heteroatoms. The van der Waals surface area contributed by atoms with Gasteiger partial charge < -0.3 is 5.73 Å². The van der Waals surface area contributed by atoms with Crippen LogP contribution in [0.5, 0.6) is 0 Å². The molecule has 0 radical (unpaired) electrons. The molecule has 28 heavy (non-hydrogen) atoms. The molecule has 154 valence electrons. The van der Waals surface area contributed by atoms with E-state index < -0.39 is 0 Å². The molecule has 0 aromatic heterocycles. The second kappa shape index (κ2) is 11.2. The van der Waals surface area contributed by atoms with E-state index in [0.29, 0.717) is 6.04 Å². The Kier molecular flexibility index (Phi) is 9.26. The summed E-state index contributed by atoms with van der Waals surface area (Å²) in [6.45, 7) is 6.60. The Morgan fingerprint density at radius 2 is 1.54 bits per heavy atom. The predicted molar refractivity (Wildman–Crippen MR) is 122 cm³/mol. The van der Waals surface area contributed by atoms with Crippen molar-refractivity contribution in [3.05, 3.63) is 71.3 Å². The normalized spacial score (nSPS) is 22.2. The SMILES string of the molecule is Cl.Cl.NCCc1cccc(CN2C[C@H]3CC[C@@H]2CN(Cc2ccccc2)C3)c1. The largest absolute Gasteiger partial charge is 0.330 e. The molecule has 2 aromatic carbocycles. The molecule has 0 amide bonds. The van der Waals surface area contributed by atoms with Gasteiger partial charge in [0.2, 0.25) is 0 Å². The van der Waals surface area contributed by atoms with Crippen LogP contribution in [-0.2, 0) is 19.5 Å². The van der Waals surface area contributed by atoms with E-state index in [2.05, 4.69) is 64.4 Å². The molecule has 3 heterocycles. The van der Waals surface area contributed by atoms with Crippen LogP contribution in [0.1, 0.15) is 29.5 Å². The Hall–Kier alpha value is -1.10. The van der Waals surface area contributed by atoms with E-state index in [1.165, 1.54) is 49.2 Å². The maximum Gasteiger partial charge on any atom is 0.0237 e. The van der Waals surface area contributed by atoms with Gasteiger partial charge in [0, 0.05) is 38.8 Å². The lowest BCUT2D eigenvalue weighted by Crippen LogP contribution is -2.43. The molecule has 3 aliphatic heterocycles.